The molecule has 0 radical (unpaired) electrons. The van der Waals surface area contributed by atoms with E-state index in [1.165, 1.54) is 44.9 Å². The second-order valence-electron chi connectivity index (χ2n) is 4.86. The van der Waals surface area contributed by atoms with Gasteiger partial charge in [0.25, 0.3) is 0 Å². The van der Waals surface area contributed by atoms with E-state index in [9.17, 15) is 4.79 Å². The molecule has 3 unspecified atom stereocenters. The fraction of sp³-hybridized carbons (Fsp3) is 0.917. The smallest absolute Gasteiger partial charge is 0.133 e. The fourth-order valence-corrected chi connectivity index (χ4v) is 3.44. The summed E-state index contributed by atoms with van der Waals surface area (Å²) >= 11 is 0. The average molecular weight is 180 g/mol. The minimum Gasteiger partial charge on any atom is -0.300 e. The van der Waals surface area contributed by atoms with Gasteiger partial charge in [0.15, 0.2) is 0 Å². The maximum atomic E-state index is 11.5. The zero-order valence-electron chi connectivity index (χ0n) is 8.59. The van der Waals surface area contributed by atoms with Gasteiger partial charge in [-0.05, 0) is 31.6 Å². The first-order valence-electron chi connectivity index (χ1n) is 5.79. The minimum atomic E-state index is 0.430. The van der Waals surface area contributed by atoms with Gasteiger partial charge in [-0.25, -0.2) is 0 Å². The van der Waals surface area contributed by atoms with Crippen LogP contribution in [0.1, 0.15) is 51.9 Å². The summed E-state index contributed by atoms with van der Waals surface area (Å²) < 4.78 is 0. The number of rotatable bonds is 1. The van der Waals surface area contributed by atoms with E-state index in [0.29, 0.717) is 11.7 Å². The molecule has 0 aromatic heterocycles. The Balaban J connectivity index is 2.06. The first-order chi connectivity index (χ1) is 6.29. The maximum absolute atomic E-state index is 11.5. The van der Waals surface area contributed by atoms with E-state index in [1.54, 1.807) is 6.92 Å². The van der Waals surface area contributed by atoms with Crippen LogP contribution in [0.5, 0.6) is 0 Å². The third-order valence-electron chi connectivity index (χ3n) is 4.10. The Morgan fingerprint density at radius 3 is 2.46 bits per heavy atom. The zero-order valence-corrected chi connectivity index (χ0v) is 8.59. The number of Topliss-reactive ketones (excluding diaryl/α,β-unsaturated/α-hetero) is 1. The number of hydrogen-bond donors (Lipinski definition) is 0. The molecule has 0 aromatic carbocycles. The summed E-state index contributed by atoms with van der Waals surface area (Å²) in [4.78, 5) is 11.5. The predicted octanol–water partition coefficient (Wildman–Crippen LogP) is 3.18. The lowest BCUT2D eigenvalue weighted by molar-refractivity contribution is -0.125. The molecule has 2 aliphatic rings. The monoisotopic (exact) mass is 180 g/mol. The van der Waals surface area contributed by atoms with Crippen LogP contribution < -0.4 is 0 Å². The van der Waals surface area contributed by atoms with Crippen molar-refractivity contribution >= 4 is 5.78 Å². The number of ketones is 1. The highest BCUT2D eigenvalue weighted by Gasteiger charge is 2.36. The lowest BCUT2D eigenvalue weighted by Crippen LogP contribution is -2.34. The van der Waals surface area contributed by atoms with E-state index >= 15 is 0 Å². The Morgan fingerprint density at radius 2 is 1.69 bits per heavy atom. The Bertz CT molecular complexity index is 195. The molecule has 0 N–H and O–H groups in total. The summed E-state index contributed by atoms with van der Waals surface area (Å²) in [6.45, 7) is 1.79. The molecule has 2 rings (SSSR count). The van der Waals surface area contributed by atoms with Gasteiger partial charge >= 0.3 is 0 Å². The molecule has 0 bridgehead atoms. The summed E-state index contributed by atoms with van der Waals surface area (Å²) in [5.41, 5.74) is 0. The molecule has 0 saturated heterocycles. The molecule has 2 fully saturated rings. The Labute approximate surface area is 80.9 Å². The topological polar surface area (TPSA) is 17.1 Å². The second-order valence-corrected chi connectivity index (χ2v) is 4.86. The third-order valence-corrected chi connectivity index (χ3v) is 4.10. The molecule has 13 heavy (non-hydrogen) atoms. The molecule has 1 nitrogen and oxygen atoms in total. The maximum Gasteiger partial charge on any atom is 0.133 e. The van der Waals surface area contributed by atoms with Crippen molar-refractivity contribution in [1.29, 1.82) is 0 Å². The molecule has 2 saturated carbocycles. The third kappa shape index (κ3) is 1.79. The second kappa shape index (κ2) is 3.81. The summed E-state index contributed by atoms with van der Waals surface area (Å²) in [7, 11) is 0. The highest BCUT2D eigenvalue weighted by molar-refractivity contribution is 5.78. The molecule has 0 heterocycles. The number of hydrogen-bond acceptors (Lipinski definition) is 1. The van der Waals surface area contributed by atoms with Gasteiger partial charge in [-0.2, -0.15) is 0 Å². The van der Waals surface area contributed by atoms with Crippen LogP contribution in [0.4, 0.5) is 0 Å². The van der Waals surface area contributed by atoms with Gasteiger partial charge in [-0.15, -0.1) is 0 Å². The average Bonchev–Trinajstić information content (AvgIpc) is 2.17. The van der Waals surface area contributed by atoms with Crippen LogP contribution in [-0.2, 0) is 4.79 Å². The standard InChI is InChI=1S/C12H20O/c1-9(13)11-8-4-6-10-5-2-3-7-12(10)11/h10-12H,2-8H2,1H3. The first kappa shape index (κ1) is 9.23. The molecule has 74 valence electrons. The van der Waals surface area contributed by atoms with E-state index in [4.69, 9.17) is 0 Å². The van der Waals surface area contributed by atoms with E-state index in [1.807, 2.05) is 0 Å². The van der Waals surface area contributed by atoms with Gasteiger partial charge in [0.05, 0.1) is 0 Å². The largest absolute Gasteiger partial charge is 0.300 e. The van der Waals surface area contributed by atoms with E-state index in [-0.39, 0.29) is 0 Å². The lowest BCUT2D eigenvalue weighted by atomic mass is 9.64. The first-order valence-corrected chi connectivity index (χ1v) is 5.79. The van der Waals surface area contributed by atoms with Gasteiger partial charge in [-0.1, -0.05) is 32.1 Å². The highest BCUT2D eigenvalue weighted by Crippen LogP contribution is 2.43. The van der Waals surface area contributed by atoms with Crippen molar-refractivity contribution in [3.8, 4) is 0 Å². The fourth-order valence-electron chi connectivity index (χ4n) is 3.44. The quantitative estimate of drug-likeness (QED) is 0.605. The van der Waals surface area contributed by atoms with Gasteiger partial charge in [0.2, 0.25) is 0 Å². The van der Waals surface area contributed by atoms with Crippen LogP contribution in [0.2, 0.25) is 0 Å². The molecular weight excluding hydrogens is 160 g/mol. The molecule has 0 aromatic rings. The SMILES string of the molecule is CC(=O)C1CCCC2CCCCC21. The lowest BCUT2D eigenvalue weighted by Gasteiger charge is -2.40. The van der Waals surface area contributed by atoms with Gasteiger partial charge < -0.3 is 0 Å². The molecule has 0 spiro atoms. The Morgan fingerprint density at radius 1 is 1.00 bits per heavy atom. The Kier molecular flexibility index (Phi) is 2.71. The molecule has 2 aliphatic carbocycles. The van der Waals surface area contributed by atoms with Crippen LogP contribution in [-0.4, -0.2) is 5.78 Å². The van der Waals surface area contributed by atoms with Crippen LogP contribution in [0, 0.1) is 17.8 Å². The highest BCUT2D eigenvalue weighted by atomic mass is 16.1. The van der Waals surface area contributed by atoms with E-state index in [0.717, 1.165) is 11.8 Å². The normalized spacial score (nSPS) is 39.6. The van der Waals surface area contributed by atoms with Crippen molar-refractivity contribution in [3.63, 3.8) is 0 Å². The van der Waals surface area contributed by atoms with E-state index in [2.05, 4.69) is 0 Å². The predicted molar refractivity (Wildman–Crippen MR) is 53.5 cm³/mol. The van der Waals surface area contributed by atoms with Gasteiger partial charge in [-0.3, -0.25) is 4.79 Å². The summed E-state index contributed by atoms with van der Waals surface area (Å²) in [6, 6.07) is 0. The zero-order chi connectivity index (χ0) is 9.26. The van der Waals surface area contributed by atoms with Crippen molar-refractivity contribution in [2.24, 2.45) is 17.8 Å². The van der Waals surface area contributed by atoms with Crippen LogP contribution >= 0.6 is 0 Å². The van der Waals surface area contributed by atoms with Crippen LogP contribution in [0.25, 0.3) is 0 Å². The van der Waals surface area contributed by atoms with E-state index < -0.39 is 0 Å². The molecule has 0 aliphatic heterocycles. The number of carbonyl (C=O) groups excluding carboxylic acids is 1. The van der Waals surface area contributed by atoms with Crippen molar-refractivity contribution in [2.75, 3.05) is 0 Å². The molecule has 0 amide bonds. The molecule has 3 atom stereocenters. The van der Waals surface area contributed by atoms with Crippen molar-refractivity contribution in [3.05, 3.63) is 0 Å². The van der Waals surface area contributed by atoms with Gasteiger partial charge in [0.1, 0.15) is 5.78 Å². The van der Waals surface area contributed by atoms with Gasteiger partial charge in [0, 0.05) is 5.92 Å². The molecule has 1 heteroatoms. The van der Waals surface area contributed by atoms with Crippen LogP contribution in [0.3, 0.4) is 0 Å². The van der Waals surface area contributed by atoms with Crippen molar-refractivity contribution < 1.29 is 4.79 Å². The number of carbonyl (C=O) groups is 1. The van der Waals surface area contributed by atoms with Crippen molar-refractivity contribution in [1.82, 2.24) is 0 Å². The van der Waals surface area contributed by atoms with Crippen LogP contribution in [0.15, 0.2) is 0 Å². The minimum absolute atomic E-state index is 0.430. The molecular formula is C12H20O. The Hall–Kier alpha value is -0.330. The summed E-state index contributed by atoms with van der Waals surface area (Å²) in [5, 5.41) is 0. The van der Waals surface area contributed by atoms with Crippen molar-refractivity contribution in [2.45, 2.75) is 51.9 Å². The summed E-state index contributed by atoms with van der Waals surface area (Å²) in [6.07, 6.45) is 9.37. The number of fused-ring (bicyclic) bond motifs is 1. The summed E-state index contributed by atoms with van der Waals surface area (Å²) in [5.74, 6) is 2.55.